The molecule has 2 N–H and O–H groups in total. The van der Waals surface area contributed by atoms with Crippen molar-refractivity contribution in [3.8, 4) is 5.69 Å². The lowest BCUT2D eigenvalue weighted by molar-refractivity contribution is -0.929. The summed E-state index contributed by atoms with van der Waals surface area (Å²) in [4.78, 5) is 14.2. The Balaban J connectivity index is 1.20. The molecule has 0 fully saturated rings. The van der Waals surface area contributed by atoms with E-state index in [2.05, 4.69) is 39.4 Å². The van der Waals surface area contributed by atoms with Crippen molar-refractivity contribution in [1.82, 2.24) is 9.99 Å². The molecule has 2 heterocycles. The van der Waals surface area contributed by atoms with Gasteiger partial charge in [0, 0.05) is 50.8 Å². The third-order valence-electron chi connectivity index (χ3n) is 6.88. The van der Waals surface area contributed by atoms with Crippen LogP contribution in [0, 0.1) is 13.8 Å². The molecule has 5 rings (SSSR count). The molecule has 0 saturated carbocycles. The molecule has 0 aliphatic carbocycles. The van der Waals surface area contributed by atoms with Gasteiger partial charge in [-0.2, -0.15) is 5.10 Å². The van der Waals surface area contributed by atoms with Gasteiger partial charge in [0.1, 0.15) is 13.1 Å². The topological polar surface area (TPSA) is 50.8 Å². The van der Waals surface area contributed by atoms with Gasteiger partial charge in [0.25, 0.3) is 5.91 Å². The van der Waals surface area contributed by atoms with Crippen LogP contribution in [0.3, 0.4) is 0 Å². The van der Waals surface area contributed by atoms with Gasteiger partial charge < -0.3 is 9.47 Å². The molecule has 4 aromatic rings. The molecular weight excluding hydrogens is 468 g/mol. The first kappa shape index (κ1) is 24.0. The van der Waals surface area contributed by atoms with Crippen LogP contribution in [0.15, 0.2) is 84.0 Å². The molecule has 3 aromatic carbocycles. The van der Waals surface area contributed by atoms with Crippen LogP contribution in [0.5, 0.6) is 0 Å². The summed E-state index contributed by atoms with van der Waals surface area (Å²) in [5, 5.41) is 4.90. The fraction of sp³-hybridized carbons (Fsp3) is 0.200. The maximum atomic E-state index is 12.6. The number of halogens is 1. The molecule has 1 aliphatic heterocycles. The Morgan fingerprint density at radius 3 is 2.58 bits per heavy atom. The summed E-state index contributed by atoms with van der Waals surface area (Å²) in [5.41, 5.74) is 11.4. The van der Waals surface area contributed by atoms with E-state index in [0.717, 1.165) is 48.7 Å². The summed E-state index contributed by atoms with van der Waals surface area (Å²) < 4.78 is 2.12. The predicted octanol–water partition coefficient (Wildman–Crippen LogP) is 4.65. The van der Waals surface area contributed by atoms with Gasteiger partial charge in [-0.25, -0.2) is 5.43 Å². The van der Waals surface area contributed by atoms with Crippen LogP contribution in [0.2, 0.25) is 5.02 Å². The minimum atomic E-state index is -0.222. The second-order valence-corrected chi connectivity index (χ2v) is 9.85. The van der Waals surface area contributed by atoms with Gasteiger partial charge in [-0.15, -0.1) is 0 Å². The average Bonchev–Trinajstić information content (AvgIpc) is 3.17. The minimum absolute atomic E-state index is 0.222. The van der Waals surface area contributed by atoms with Gasteiger partial charge in [-0.3, -0.25) is 4.79 Å². The molecule has 0 radical (unpaired) electrons. The Bertz CT molecular complexity index is 1420. The SMILES string of the molecule is Cc1cc(/C=N\NC(=O)c2ccc(C[NH+]3CCc4ccccc4C3)cc2)c(C)n1-c1cccc(Cl)c1. The highest BCUT2D eigenvalue weighted by atomic mass is 35.5. The summed E-state index contributed by atoms with van der Waals surface area (Å²) in [6.45, 7) is 7.20. The van der Waals surface area contributed by atoms with E-state index in [0.29, 0.717) is 10.6 Å². The highest BCUT2D eigenvalue weighted by Crippen LogP contribution is 2.22. The number of amides is 1. The second kappa shape index (κ2) is 10.5. The molecular formula is C30H30ClN4O+. The first-order chi connectivity index (χ1) is 17.5. The molecule has 1 amide bonds. The number of quaternary nitrogens is 1. The molecule has 182 valence electrons. The number of aromatic nitrogens is 1. The van der Waals surface area contributed by atoms with E-state index in [9.17, 15) is 4.79 Å². The van der Waals surface area contributed by atoms with E-state index in [1.165, 1.54) is 16.7 Å². The minimum Gasteiger partial charge on any atom is -0.327 e. The quantitative estimate of drug-likeness (QED) is 0.295. The monoisotopic (exact) mass is 497 g/mol. The number of hydrogen-bond donors (Lipinski definition) is 2. The molecule has 5 nitrogen and oxygen atoms in total. The third kappa shape index (κ3) is 5.27. The smallest absolute Gasteiger partial charge is 0.271 e. The van der Waals surface area contributed by atoms with Gasteiger partial charge in [0.05, 0.1) is 12.8 Å². The van der Waals surface area contributed by atoms with E-state index >= 15 is 0 Å². The van der Waals surface area contributed by atoms with Gasteiger partial charge in [0.15, 0.2) is 0 Å². The summed E-state index contributed by atoms with van der Waals surface area (Å²) in [6, 6.07) is 26.3. The maximum absolute atomic E-state index is 12.6. The average molecular weight is 498 g/mol. The summed E-state index contributed by atoms with van der Waals surface area (Å²) in [5.74, 6) is -0.222. The molecule has 0 bridgehead atoms. The highest BCUT2D eigenvalue weighted by Gasteiger charge is 2.19. The fourth-order valence-electron chi connectivity index (χ4n) is 5.01. The summed E-state index contributed by atoms with van der Waals surface area (Å²) >= 11 is 6.17. The van der Waals surface area contributed by atoms with Crippen molar-refractivity contribution in [3.63, 3.8) is 0 Å². The lowest BCUT2D eigenvalue weighted by atomic mass is 9.99. The summed E-state index contributed by atoms with van der Waals surface area (Å²) in [7, 11) is 0. The van der Waals surface area contributed by atoms with Gasteiger partial charge >= 0.3 is 0 Å². The predicted molar refractivity (Wildman–Crippen MR) is 145 cm³/mol. The number of aryl methyl sites for hydroxylation is 1. The largest absolute Gasteiger partial charge is 0.327 e. The molecule has 1 aliphatic rings. The number of nitrogens with one attached hydrogen (secondary N) is 2. The fourth-order valence-corrected chi connectivity index (χ4v) is 5.20. The number of nitrogens with zero attached hydrogens (tertiary/aromatic N) is 2. The van der Waals surface area contributed by atoms with Crippen molar-refractivity contribution in [2.24, 2.45) is 5.10 Å². The van der Waals surface area contributed by atoms with Crippen molar-refractivity contribution in [1.29, 1.82) is 0 Å². The zero-order valence-electron chi connectivity index (χ0n) is 20.6. The first-order valence-corrected chi connectivity index (χ1v) is 12.6. The van der Waals surface area contributed by atoms with Crippen LogP contribution in [-0.4, -0.2) is 23.2 Å². The van der Waals surface area contributed by atoms with Crippen molar-refractivity contribution in [2.75, 3.05) is 6.54 Å². The Kier molecular flexibility index (Phi) is 7.03. The van der Waals surface area contributed by atoms with Crippen LogP contribution in [0.1, 0.15) is 44.0 Å². The molecule has 0 saturated heterocycles. The Morgan fingerprint density at radius 2 is 1.81 bits per heavy atom. The second-order valence-electron chi connectivity index (χ2n) is 9.41. The van der Waals surface area contributed by atoms with Crippen molar-refractivity contribution >= 4 is 23.7 Å². The zero-order valence-corrected chi connectivity index (χ0v) is 21.3. The van der Waals surface area contributed by atoms with Crippen LogP contribution in [-0.2, 0) is 19.5 Å². The highest BCUT2D eigenvalue weighted by molar-refractivity contribution is 6.30. The van der Waals surface area contributed by atoms with E-state index in [4.69, 9.17) is 11.6 Å². The van der Waals surface area contributed by atoms with Crippen molar-refractivity contribution < 1.29 is 9.69 Å². The molecule has 0 spiro atoms. The third-order valence-corrected chi connectivity index (χ3v) is 7.12. The van der Waals surface area contributed by atoms with Crippen LogP contribution in [0.25, 0.3) is 5.69 Å². The number of rotatable bonds is 6. The lowest BCUT2D eigenvalue weighted by Crippen LogP contribution is -3.10. The first-order valence-electron chi connectivity index (χ1n) is 12.3. The lowest BCUT2D eigenvalue weighted by Gasteiger charge is -2.26. The molecule has 1 atom stereocenters. The van der Waals surface area contributed by atoms with Crippen LogP contribution in [0.4, 0.5) is 0 Å². The molecule has 1 unspecified atom stereocenters. The zero-order chi connectivity index (χ0) is 25.1. The number of carbonyl (C=O) groups excluding carboxylic acids is 1. The Labute approximate surface area is 217 Å². The number of hydrazone groups is 1. The van der Waals surface area contributed by atoms with Gasteiger partial charge in [0.2, 0.25) is 0 Å². The molecule has 6 heteroatoms. The molecule has 36 heavy (non-hydrogen) atoms. The molecule has 1 aromatic heterocycles. The number of fused-ring (bicyclic) bond motifs is 1. The van der Waals surface area contributed by atoms with E-state index in [-0.39, 0.29) is 5.91 Å². The maximum Gasteiger partial charge on any atom is 0.271 e. The van der Waals surface area contributed by atoms with E-state index < -0.39 is 0 Å². The number of carbonyl (C=O) groups is 1. The number of benzene rings is 3. The Morgan fingerprint density at radius 1 is 1.03 bits per heavy atom. The number of hydrogen-bond acceptors (Lipinski definition) is 2. The standard InChI is InChI=1S/C30H29ClN4O/c1-21-16-27(22(2)35(21)29-9-5-8-28(31)17-29)18-32-33-30(36)25-12-10-23(11-13-25)19-34-15-14-24-6-3-4-7-26(24)20-34/h3-13,16-18H,14-15,19-20H2,1-2H3,(H,33,36)/p+1/b32-18-. The van der Waals surface area contributed by atoms with Crippen molar-refractivity contribution in [3.05, 3.63) is 123 Å². The summed E-state index contributed by atoms with van der Waals surface area (Å²) in [6.07, 6.45) is 2.80. The van der Waals surface area contributed by atoms with Crippen molar-refractivity contribution in [2.45, 2.75) is 33.4 Å². The van der Waals surface area contributed by atoms with Crippen LogP contribution < -0.4 is 10.3 Å². The Hall–Kier alpha value is -3.67. The van der Waals surface area contributed by atoms with Gasteiger partial charge in [-0.05, 0) is 55.8 Å². The normalized spacial score (nSPS) is 15.1. The van der Waals surface area contributed by atoms with E-state index in [1.807, 2.05) is 68.4 Å². The van der Waals surface area contributed by atoms with Crippen LogP contribution >= 0.6 is 11.6 Å². The van der Waals surface area contributed by atoms with E-state index in [1.54, 1.807) is 11.1 Å². The van der Waals surface area contributed by atoms with Gasteiger partial charge in [-0.1, -0.05) is 54.1 Å².